The van der Waals surface area contributed by atoms with E-state index in [-0.39, 0.29) is 11.8 Å². The minimum atomic E-state index is 0.0880. The molecule has 112 valence electrons. The highest BCUT2D eigenvalue weighted by Gasteiger charge is 2.22. The summed E-state index contributed by atoms with van der Waals surface area (Å²) in [6, 6.07) is 1.80. The maximum atomic E-state index is 12.2. The molecule has 7 heteroatoms. The van der Waals surface area contributed by atoms with E-state index in [2.05, 4.69) is 10.3 Å². The summed E-state index contributed by atoms with van der Waals surface area (Å²) in [7, 11) is 0. The van der Waals surface area contributed by atoms with Crippen molar-refractivity contribution in [2.24, 2.45) is 5.92 Å². The number of nitrogens with zero attached hydrogens (tertiary/aromatic N) is 1. The van der Waals surface area contributed by atoms with Crippen LogP contribution in [-0.2, 0) is 4.79 Å². The number of aromatic nitrogens is 1. The van der Waals surface area contributed by atoms with Gasteiger partial charge in [-0.05, 0) is 18.9 Å². The second-order valence-corrected chi connectivity index (χ2v) is 8.24. The SMILES string of the molecule is O=C(Nc1nc(-c2cc(Cl)sc2Cl)cs1)C1CCCCC1. The molecule has 3 rings (SSSR count). The zero-order chi connectivity index (χ0) is 14.8. The van der Waals surface area contributed by atoms with Crippen LogP contribution in [0.15, 0.2) is 11.4 Å². The van der Waals surface area contributed by atoms with Gasteiger partial charge in [-0.25, -0.2) is 4.98 Å². The Morgan fingerprint density at radius 3 is 2.71 bits per heavy atom. The molecule has 21 heavy (non-hydrogen) atoms. The molecule has 0 atom stereocenters. The summed E-state index contributed by atoms with van der Waals surface area (Å²) in [6.07, 6.45) is 5.49. The van der Waals surface area contributed by atoms with Gasteiger partial charge in [0.25, 0.3) is 0 Å². The molecule has 1 aliphatic rings. The van der Waals surface area contributed by atoms with Crippen LogP contribution in [0.1, 0.15) is 32.1 Å². The third-order valence-corrected chi connectivity index (χ3v) is 5.89. The van der Waals surface area contributed by atoms with E-state index in [0.29, 0.717) is 13.8 Å². The molecule has 0 aromatic carbocycles. The van der Waals surface area contributed by atoms with Gasteiger partial charge < -0.3 is 5.32 Å². The van der Waals surface area contributed by atoms with Gasteiger partial charge >= 0.3 is 0 Å². The smallest absolute Gasteiger partial charge is 0.229 e. The van der Waals surface area contributed by atoms with Gasteiger partial charge in [0.1, 0.15) is 4.34 Å². The molecule has 0 saturated heterocycles. The Bertz CT molecular complexity index is 647. The second-order valence-electron chi connectivity index (χ2n) is 5.10. The average Bonchev–Trinajstić information content (AvgIpc) is 3.06. The summed E-state index contributed by atoms with van der Waals surface area (Å²) in [5.41, 5.74) is 1.58. The standard InChI is InChI=1S/C14H14Cl2N2OS2/c15-11-6-9(12(16)21-11)10-7-20-14(17-10)18-13(19)8-4-2-1-3-5-8/h6-8H,1-5H2,(H,17,18,19). The van der Waals surface area contributed by atoms with Crippen LogP contribution >= 0.6 is 45.9 Å². The fraction of sp³-hybridized carbons (Fsp3) is 0.429. The summed E-state index contributed by atoms with van der Waals surface area (Å²) in [4.78, 5) is 16.6. The quantitative estimate of drug-likeness (QED) is 0.762. The van der Waals surface area contributed by atoms with Gasteiger partial charge in [-0.2, -0.15) is 0 Å². The summed E-state index contributed by atoms with van der Waals surface area (Å²) in [5.74, 6) is 0.218. The van der Waals surface area contributed by atoms with E-state index in [4.69, 9.17) is 23.2 Å². The van der Waals surface area contributed by atoms with Crippen molar-refractivity contribution in [2.45, 2.75) is 32.1 Å². The molecule has 0 aliphatic heterocycles. The predicted molar refractivity (Wildman–Crippen MR) is 90.7 cm³/mol. The van der Waals surface area contributed by atoms with Crippen LogP contribution in [0.3, 0.4) is 0 Å². The molecule has 1 aliphatic carbocycles. The number of carbonyl (C=O) groups excluding carboxylic acids is 1. The van der Waals surface area contributed by atoms with Gasteiger partial charge in [-0.3, -0.25) is 4.79 Å². The van der Waals surface area contributed by atoms with E-state index in [9.17, 15) is 4.79 Å². The lowest BCUT2D eigenvalue weighted by Crippen LogP contribution is -2.24. The monoisotopic (exact) mass is 360 g/mol. The predicted octanol–water partition coefficient (Wildman–Crippen LogP) is 5.70. The van der Waals surface area contributed by atoms with Crippen LogP contribution in [0.5, 0.6) is 0 Å². The van der Waals surface area contributed by atoms with Gasteiger partial charge in [0.05, 0.1) is 10.0 Å². The Morgan fingerprint density at radius 2 is 2.05 bits per heavy atom. The third kappa shape index (κ3) is 3.59. The van der Waals surface area contributed by atoms with E-state index in [1.54, 1.807) is 6.07 Å². The lowest BCUT2D eigenvalue weighted by atomic mass is 9.89. The van der Waals surface area contributed by atoms with Crippen LogP contribution < -0.4 is 5.32 Å². The lowest BCUT2D eigenvalue weighted by molar-refractivity contribution is -0.120. The molecular formula is C14H14Cl2N2OS2. The highest BCUT2D eigenvalue weighted by molar-refractivity contribution is 7.20. The highest BCUT2D eigenvalue weighted by atomic mass is 35.5. The van der Waals surface area contributed by atoms with Crippen molar-refractivity contribution >= 4 is 56.9 Å². The van der Waals surface area contributed by atoms with Crippen molar-refractivity contribution in [1.29, 1.82) is 0 Å². The molecule has 3 nitrogen and oxygen atoms in total. The van der Waals surface area contributed by atoms with Gasteiger partial charge in [-0.15, -0.1) is 22.7 Å². The minimum Gasteiger partial charge on any atom is -0.302 e. The molecule has 0 radical (unpaired) electrons. The summed E-state index contributed by atoms with van der Waals surface area (Å²) >= 11 is 14.8. The maximum Gasteiger partial charge on any atom is 0.229 e. The molecule has 0 unspecified atom stereocenters. The summed E-state index contributed by atoms with van der Waals surface area (Å²) in [5, 5.41) is 5.44. The van der Waals surface area contributed by atoms with Crippen molar-refractivity contribution < 1.29 is 4.79 Å². The van der Waals surface area contributed by atoms with Crippen molar-refractivity contribution in [2.75, 3.05) is 5.32 Å². The molecule has 1 amide bonds. The Balaban J connectivity index is 1.70. The Hall–Kier alpha value is -0.620. The number of anilines is 1. The number of halogens is 2. The van der Waals surface area contributed by atoms with Gasteiger partial charge in [0.2, 0.25) is 5.91 Å². The van der Waals surface area contributed by atoms with Gasteiger partial charge in [0.15, 0.2) is 5.13 Å². The Morgan fingerprint density at radius 1 is 1.29 bits per heavy atom. The fourth-order valence-corrected chi connectivity index (χ4v) is 4.74. The molecule has 2 heterocycles. The number of thiazole rings is 1. The van der Waals surface area contributed by atoms with Crippen molar-refractivity contribution in [1.82, 2.24) is 4.98 Å². The van der Waals surface area contributed by atoms with E-state index in [0.717, 1.165) is 36.9 Å². The zero-order valence-corrected chi connectivity index (χ0v) is 14.3. The maximum absolute atomic E-state index is 12.2. The van der Waals surface area contributed by atoms with Crippen LogP contribution in [0.25, 0.3) is 11.3 Å². The fourth-order valence-electron chi connectivity index (χ4n) is 2.54. The van der Waals surface area contributed by atoms with Crippen molar-refractivity contribution in [3.63, 3.8) is 0 Å². The molecule has 1 fully saturated rings. The first-order chi connectivity index (χ1) is 10.1. The van der Waals surface area contributed by atoms with Crippen molar-refractivity contribution in [3.05, 3.63) is 20.1 Å². The first kappa shape index (κ1) is 15.3. The topological polar surface area (TPSA) is 42.0 Å². The number of carbonyl (C=O) groups is 1. The number of amides is 1. The lowest BCUT2D eigenvalue weighted by Gasteiger charge is -2.19. The minimum absolute atomic E-state index is 0.0880. The average molecular weight is 361 g/mol. The number of hydrogen-bond donors (Lipinski definition) is 1. The summed E-state index contributed by atoms with van der Waals surface area (Å²) in [6.45, 7) is 0. The zero-order valence-electron chi connectivity index (χ0n) is 11.2. The van der Waals surface area contributed by atoms with Crippen LogP contribution in [0, 0.1) is 5.92 Å². The molecule has 2 aromatic heterocycles. The van der Waals surface area contributed by atoms with Crippen LogP contribution in [0.4, 0.5) is 5.13 Å². The highest BCUT2D eigenvalue weighted by Crippen LogP contribution is 2.39. The molecule has 0 bridgehead atoms. The van der Waals surface area contributed by atoms with Crippen LogP contribution in [-0.4, -0.2) is 10.9 Å². The number of rotatable bonds is 3. The van der Waals surface area contributed by atoms with Crippen LogP contribution in [0.2, 0.25) is 8.67 Å². The summed E-state index contributed by atoms with van der Waals surface area (Å²) < 4.78 is 1.26. The second kappa shape index (κ2) is 6.65. The van der Waals surface area contributed by atoms with E-state index >= 15 is 0 Å². The molecule has 1 N–H and O–H groups in total. The first-order valence-electron chi connectivity index (χ1n) is 6.85. The molecule has 1 saturated carbocycles. The largest absolute Gasteiger partial charge is 0.302 e. The first-order valence-corrected chi connectivity index (χ1v) is 9.30. The Labute approximate surface area is 141 Å². The molecular weight excluding hydrogens is 347 g/mol. The Kier molecular flexibility index (Phi) is 4.84. The molecule has 0 spiro atoms. The number of nitrogens with one attached hydrogen (secondary N) is 1. The third-order valence-electron chi connectivity index (χ3n) is 3.64. The van der Waals surface area contributed by atoms with Crippen molar-refractivity contribution in [3.8, 4) is 11.3 Å². The van der Waals surface area contributed by atoms with Gasteiger partial charge in [0, 0.05) is 16.9 Å². The number of thiophene rings is 1. The normalized spacial score (nSPS) is 16.1. The van der Waals surface area contributed by atoms with E-state index < -0.39 is 0 Å². The van der Waals surface area contributed by atoms with E-state index in [1.165, 1.54) is 29.1 Å². The van der Waals surface area contributed by atoms with E-state index in [1.807, 2.05) is 5.38 Å². The van der Waals surface area contributed by atoms with Gasteiger partial charge in [-0.1, -0.05) is 42.5 Å². The number of hydrogen-bond acceptors (Lipinski definition) is 4. The molecule has 2 aromatic rings.